The van der Waals surface area contributed by atoms with E-state index in [2.05, 4.69) is 26.6 Å². The number of aliphatic hydroxyl groups is 1. The quantitative estimate of drug-likeness (QED) is 0.0171. The van der Waals surface area contributed by atoms with Gasteiger partial charge in [0.1, 0.15) is 18.7 Å². The number of esters is 1. The van der Waals surface area contributed by atoms with Crippen LogP contribution in [0.4, 0.5) is 0 Å². The Morgan fingerprint density at radius 2 is 1.35 bits per heavy atom. The van der Waals surface area contributed by atoms with E-state index in [4.69, 9.17) is 53.3 Å². The highest BCUT2D eigenvalue weighted by atomic mass is 16.7. The van der Waals surface area contributed by atoms with Crippen molar-refractivity contribution in [2.24, 2.45) is 11.7 Å². The maximum atomic E-state index is 13.9. The van der Waals surface area contributed by atoms with Crippen LogP contribution in [0.3, 0.4) is 0 Å². The number of benzene rings is 1. The Balaban J connectivity index is 0.737. The van der Waals surface area contributed by atoms with Gasteiger partial charge in [0.2, 0.25) is 30.4 Å². The molecule has 3 atom stereocenters. The average molecular weight is 1180 g/mol. The summed E-state index contributed by atoms with van der Waals surface area (Å²) in [7, 11) is 0. The molecule has 27 nitrogen and oxygen atoms in total. The van der Waals surface area contributed by atoms with Gasteiger partial charge >= 0.3 is 5.97 Å². The number of unbranched alkanes of at least 4 members (excludes halogenated alkanes) is 1. The Bertz CT molecular complexity index is 2880. The number of nitrogens with zero attached hydrogens (tertiary/aromatic N) is 3. The number of cyclic esters (lactones) is 1. The highest BCUT2D eigenvalue weighted by molar-refractivity contribution is 6.13. The number of hydrogen-bond acceptors (Lipinski definition) is 21. The number of imide groups is 1. The summed E-state index contributed by atoms with van der Waals surface area (Å²) in [5.74, 6) is -2.36. The van der Waals surface area contributed by atoms with Crippen LogP contribution >= 0.6 is 0 Å². The van der Waals surface area contributed by atoms with Crippen LogP contribution in [0.15, 0.2) is 35.1 Å². The summed E-state index contributed by atoms with van der Waals surface area (Å²) >= 11 is 0. The minimum Gasteiger partial charge on any atom is -0.458 e. The topological polar surface area (TPSA) is 347 Å². The molecule has 0 fully saturated rings. The van der Waals surface area contributed by atoms with E-state index < -0.39 is 41.4 Å². The SMILES string of the molecule is CC[C@@]1(O)C(=O)OCc2c1cc1n(c2=O)Cc2c-1nc1cc3c(cc1c2CNCCOCCOCCNC(=O)[C@H](CCCCN)NC(=O)[C@@H](NC(=O)CCOCCOCCOCCOCCNC(=O)CCN1C(=O)C=CC1=O)C(C)C)OCO3. The van der Waals surface area contributed by atoms with Gasteiger partial charge in [-0.2, -0.15) is 0 Å². The van der Waals surface area contributed by atoms with Crippen molar-refractivity contribution < 1.29 is 81.3 Å². The summed E-state index contributed by atoms with van der Waals surface area (Å²) < 4.78 is 51.7. The molecule has 0 bridgehead atoms. The summed E-state index contributed by atoms with van der Waals surface area (Å²) in [6.07, 6.45) is 3.98. The normalized spacial score (nSPS) is 16.4. The van der Waals surface area contributed by atoms with E-state index in [0.717, 1.165) is 21.4 Å². The molecule has 8 N–H and O–H groups in total. The monoisotopic (exact) mass is 1180 g/mol. The Labute approximate surface area is 486 Å². The predicted octanol–water partition coefficient (Wildman–Crippen LogP) is -0.310. The molecule has 27 heteroatoms. The molecule has 1 aromatic carbocycles. The van der Waals surface area contributed by atoms with Gasteiger partial charge in [-0.1, -0.05) is 20.8 Å². The first kappa shape index (κ1) is 64.6. The summed E-state index contributed by atoms with van der Waals surface area (Å²) in [6, 6.07) is 3.61. The second-order valence-electron chi connectivity index (χ2n) is 20.5. The minimum atomic E-state index is -1.95. The Morgan fingerprint density at radius 1 is 0.726 bits per heavy atom. The van der Waals surface area contributed by atoms with E-state index in [9.17, 15) is 43.5 Å². The number of carbonyl (C=O) groups excluding carboxylic acids is 7. The number of ether oxygens (including phenoxy) is 9. The minimum absolute atomic E-state index is 0.00347. The number of aromatic nitrogens is 2. The molecule has 6 heterocycles. The van der Waals surface area contributed by atoms with Crippen molar-refractivity contribution in [1.82, 2.24) is 41.0 Å². The van der Waals surface area contributed by atoms with E-state index in [1.165, 1.54) is 12.2 Å². The molecule has 4 aliphatic rings. The number of rotatable bonds is 39. The van der Waals surface area contributed by atoms with Gasteiger partial charge < -0.3 is 84.6 Å². The second kappa shape index (κ2) is 32.4. The van der Waals surface area contributed by atoms with Crippen molar-refractivity contribution in [2.45, 2.75) is 96.7 Å². The lowest BCUT2D eigenvalue weighted by Crippen LogP contribution is -2.55. The molecule has 2 aromatic heterocycles. The zero-order valence-electron chi connectivity index (χ0n) is 48.0. The lowest BCUT2D eigenvalue weighted by Gasteiger charge is -2.31. The first-order valence-corrected chi connectivity index (χ1v) is 28.6. The van der Waals surface area contributed by atoms with Crippen LogP contribution in [0.1, 0.15) is 81.5 Å². The van der Waals surface area contributed by atoms with Gasteiger partial charge in [-0.05, 0) is 55.8 Å². The highest BCUT2D eigenvalue weighted by Gasteiger charge is 2.45. The van der Waals surface area contributed by atoms with Gasteiger partial charge in [-0.3, -0.25) is 38.5 Å². The fourth-order valence-electron chi connectivity index (χ4n) is 9.75. The first-order valence-electron chi connectivity index (χ1n) is 28.6. The van der Waals surface area contributed by atoms with Gasteiger partial charge in [0.15, 0.2) is 17.1 Å². The largest absolute Gasteiger partial charge is 0.458 e. The van der Waals surface area contributed by atoms with Crippen molar-refractivity contribution in [3.63, 3.8) is 0 Å². The zero-order chi connectivity index (χ0) is 60.0. The summed E-state index contributed by atoms with van der Waals surface area (Å²) in [5.41, 5.74) is 7.31. The molecule has 6 amide bonds. The van der Waals surface area contributed by atoms with Crippen LogP contribution in [-0.4, -0.2) is 192 Å². The molecule has 0 saturated heterocycles. The maximum Gasteiger partial charge on any atom is 0.343 e. The molecule has 0 spiro atoms. The van der Waals surface area contributed by atoms with Crippen molar-refractivity contribution in [1.29, 1.82) is 0 Å². The highest BCUT2D eigenvalue weighted by Crippen LogP contribution is 2.43. The van der Waals surface area contributed by atoms with Gasteiger partial charge in [0.05, 0.1) is 108 Å². The third-order valence-electron chi connectivity index (χ3n) is 14.4. The van der Waals surface area contributed by atoms with Crippen molar-refractivity contribution in [2.75, 3.05) is 119 Å². The predicted molar refractivity (Wildman–Crippen MR) is 300 cm³/mol. The fourth-order valence-corrected chi connectivity index (χ4v) is 9.75. The molecule has 4 aliphatic heterocycles. The second-order valence-corrected chi connectivity index (χ2v) is 20.5. The van der Waals surface area contributed by atoms with E-state index >= 15 is 0 Å². The molecule has 3 aromatic rings. The van der Waals surface area contributed by atoms with E-state index in [1.807, 2.05) is 6.07 Å². The van der Waals surface area contributed by atoms with Crippen LogP contribution in [0.2, 0.25) is 0 Å². The van der Waals surface area contributed by atoms with Crippen LogP contribution in [0.25, 0.3) is 22.3 Å². The number of carbonyl (C=O) groups is 7. The number of pyridine rings is 2. The zero-order valence-corrected chi connectivity index (χ0v) is 48.0. The molecule has 84 heavy (non-hydrogen) atoms. The first-order chi connectivity index (χ1) is 40.6. The molecular formula is C57H79N9O18. The molecule has 0 saturated carbocycles. The maximum absolute atomic E-state index is 13.9. The lowest BCUT2D eigenvalue weighted by molar-refractivity contribution is -0.172. The fraction of sp³-hybridized carbons (Fsp3) is 0.596. The Hall–Kier alpha value is -6.95. The smallest absolute Gasteiger partial charge is 0.343 e. The summed E-state index contributed by atoms with van der Waals surface area (Å²) in [5, 5.41) is 26.7. The molecule has 0 unspecified atom stereocenters. The van der Waals surface area contributed by atoms with Crippen LogP contribution in [0.5, 0.6) is 11.5 Å². The van der Waals surface area contributed by atoms with Crippen LogP contribution in [0, 0.1) is 5.92 Å². The van der Waals surface area contributed by atoms with E-state index in [-0.39, 0.29) is 145 Å². The third kappa shape index (κ3) is 17.3. The molecular weight excluding hydrogens is 1100 g/mol. The number of amides is 6. The van der Waals surface area contributed by atoms with Crippen molar-refractivity contribution in [3.8, 4) is 22.9 Å². The number of fused-ring (bicyclic) bond motifs is 6. The molecule has 460 valence electrons. The average Bonchev–Trinajstić information content (AvgIpc) is 1.70. The molecule has 0 radical (unpaired) electrons. The molecule has 0 aliphatic carbocycles. The van der Waals surface area contributed by atoms with Crippen LogP contribution in [-0.2, 0) is 92.0 Å². The van der Waals surface area contributed by atoms with Crippen molar-refractivity contribution >= 4 is 52.3 Å². The Morgan fingerprint density at radius 3 is 1.99 bits per heavy atom. The Kier molecular flexibility index (Phi) is 24.9. The van der Waals surface area contributed by atoms with Crippen molar-refractivity contribution in [3.05, 3.63) is 63.0 Å². The number of hydrogen-bond donors (Lipinski definition) is 7. The molecule has 7 rings (SSSR count). The standard InChI is InChI=1S/C57H79N9O18/c1-4-57(75)41-30-44-52-39(33-66(44)55(73)40(41)34-82-56(57)74)38(37-29-45-46(84-35-83-45)31-43(37)62-52)32-59-13-18-77-22-23-79-20-15-61-53(71)42(7-5-6-12-58)63-54(72)51(36(2)3)64-48(68)11-17-76-21-25-80-27-28-81-26-24-78-19-14-60-47(67)10-16-65-49(69)8-9-50(65)70/h8-9,29-31,36,42,51,59,75H,4-7,10-28,32-35,58H2,1-3H3,(H,60,67)(H,61,71)(H,63,72)(H,64,68)/t42-,51-,57-/m0/s1. The van der Waals surface area contributed by atoms with Gasteiger partial charge in [0.25, 0.3) is 17.4 Å². The van der Waals surface area contributed by atoms with Gasteiger partial charge in [-0.25, -0.2) is 9.78 Å². The number of nitrogens with two attached hydrogens (primary N) is 1. The lowest BCUT2D eigenvalue weighted by atomic mass is 9.86. The number of nitrogens with one attached hydrogen (secondary N) is 5. The van der Waals surface area contributed by atoms with E-state index in [1.54, 1.807) is 37.5 Å². The van der Waals surface area contributed by atoms with E-state index in [0.29, 0.717) is 100 Å². The summed E-state index contributed by atoms with van der Waals surface area (Å²) in [6.45, 7) is 10.3. The summed E-state index contributed by atoms with van der Waals surface area (Å²) in [4.78, 5) is 107. The third-order valence-corrected chi connectivity index (χ3v) is 14.4. The van der Waals surface area contributed by atoms with Crippen LogP contribution < -0.4 is 47.4 Å². The van der Waals surface area contributed by atoms with Gasteiger partial charge in [-0.15, -0.1) is 0 Å². The van der Waals surface area contributed by atoms with Gasteiger partial charge in [0, 0.05) is 80.3 Å².